The number of hydrogen-bond acceptors (Lipinski definition) is 2. The fourth-order valence-electron chi connectivity index (χ4n) is 2.45. The standard InChI is InChI=1S/C14H14FNO2/c15-9-3-4-11-12(8-16-13(11)6-9)14(17)7-10-2-1-5-18-10/h3-4,6,8,10,16H,1-2,5,7H2. The Kier molecular flexibility index (Phi) is 2.88. The molecule has 2 aromatic rings. The summed E-state index contributed by atoms with van der Waals surface area (Å²) in [6.45, 7) is 0.747. The molecule has 4 heteroatoms. The minimum atomic E-state index is -0.303. The van der Waals surface area contributed by atoms with Crippen LogP contribution in [-0.4, -0.2) is 23.5 Å². The molecule has 2 heterocycles. The number of ether oxygens (including phenoxy) is 1. The number of carbonyl (C=O) groups excluding carboxylic acids is 1. The van der Waals surface area contributed by atoms with Crippen molar-refractivity contribution >= 4 is 16.7 Å². The lowest BCUT2D eigenvalue weighted by molar-refractivity contribution is 0.0777. The van der Waals surface area contributed by atoms with Crippen molar-refractivity contribution in [1.29, 1.82) is 0 Å². The maximum Gasteiger partial charge on any atom is 0.167 e. The molecule has 0 amide bonds. The molecule has 3 nitrogen and oxygen atoms in total. The predicted molar refractivity (Wildman–Crippen MR) is 66.2 cm³/mol. The molecule has 1 saturated heterocycles. The molecule has 0 spiro atoms. The first-order valence-corrected chi connectivity index (χ1v) is 6.15. The second-order valence-corrected chi connectivity index (χ2v) is 4.65. The number of ketones is 1. The van der Waals surface area contributed by atoms with E-state index in [1.807, 2.05) is 0 Å². The zero-order valence-electron chi connectivity index (χ0n) is 9.91. The topological polar surface area (TPSA) is 42.1 Å². The van der Waals surface area contributed by atoms with Gasteiger partial charge in [-0.25, -0.2) is 4.39 Å². The average molecular weight is 247 g/mol. The summed E-state index contributed by atoms with van der Waals surface area (Å²) in [6, 6.07) is 4.42. The highest BCUT2D eigenvalue weighted by Gasteiger charge is 2.21. The van der Waals surface area contributed by atoms with Gasteiger partial charge in [0.15, 0.2) is 5.78 Å². The monoisotopic (exact) mass is 247 g/mol. The van der Waals surface area contributed by atoms with E-state index >= 15 is 0 Å². The van der Waals surface area contributed by atoms with E-state index in [9.17, 15) is 9.18 Å². The lowest BCUT2D eigenvalue weighted by Crippen LogP contribution is -2.12. The number of carbonyl (C=O) groups is 1. The van der Waals surface area contributed by atoms with Crippen LogP contribution in [0.25, 0.3) is 10.9 Å². The van der Waals surface area contributed by atoms with Gasteiger partial charge in [-0.05, 0) is 31.0 Å². The van der Waals surface area contributed by atoms with E-state index in [1.54, 1.807) is 12.3 Å². The largest absolute Gasteiger partial charge is 0.378 e. The van der Waals surface area contributed by atoms with Crippen molar-refractivity contribution in [2.75, 3.05) is 6.61 Å². The molecule has 1 aliphatic rings. The zero-order chi connectivity index (χ0) is 12.5. The van der Waals surface area contributed by atoms with E-state index in [1.165, 1.54) is 12.1 Å². The Morgan fingerprint density at radius 2 is 2.39 bits per heavy atom. The zero-order valence-corrected chi connectivity index (χ0v) is 9.91. The second kappa shape index (κ2) is 4.53. The quantitative estimate of drug-likeness (QED) is 0.847. The van der Waals surface area contributed by atoms with Gasteiger partial charge in [-0.3, -0.25) is 4.79 Å². The number of aromatic amines is 1. The van der Waals surface area contributed by atoms with Crippen molar-refractivity contribution < 1.29 is 13.9 Å². The van der Waals surface area contributed by atoms with Gasteiger partial charge in [0, 0.05) is 35.7 Å². The van der Waals surface area contributed by atoms with E-state index in [0.717, 1.165) is 24.8 Å². The van der Waals surface area contributed by atoms with Crippen molar-refractivity contribution in [1.82, 2.24) is 4.98 Å². The van der Waals surface area contributed by atoms with Crippen molar-refractivity contribution in [3.8, 4) is 0 Å². The van der Waals surface area contributed by atoms with Crippen LogP contribution in [0.2, 0.25) is 0 Å². The Morgan fingerprint density at radius 1 is 1.50 bits per heavy atom. The minimum Gasteiger partial charge on any atom is -0.378 e. The summed E-state index contributed by atoms with van der Waals surface area (Å²) in [5.41, 5.74) is 1.28. The molecule has 0 saturated carbocycles. The first-order chi connectivity index (χ1) is 8.74. The highest BCUT2D eigenvalue weighted by Crippen LogP contribution is 2.23. The van der Waals surface area contributed by atoms with Gasteiger partial charge in [-0.1, -0.05) is 0 Å². The molecule has 3 rings (SSSR count). The SMILES string of the molecule is O=C(CC1CCCO1)c1c[nH]c2cc(F)ccc12. The van der Waals surface area contributed by atoms with Gasteiger partial charge in [0.05, 0.1) is 6.10 Å². The van der Waals surface area contributed by atoms with Crippen LogP contribution in [0, 0.1) is 5.82 Å². The third-order valence-corrected chi connectivity index (χ3v) is 3.38. The molecule has 18 heavy (non-hydrogen) atoms. The van der Waals surface area contributed by atoms with Gasteiger partial charge in [0.25, 0.3) is 0 Å². The van der Waals surface area contributed by atoms with E-state index < -0.39 is 0 Å². The molecule has 0 radical (unpaired) electrons. The van der Waals surface area contributed by atoms with Crippen molar-refractivity contribution in [2.24, 2.45) is 0 Å². The molecular weight excluding hydrogens is 233 g/mol. The molecule has 94 valence electrons. The van der Waals surface area contributed by atoms with Gasteiger partial charge in [0.1, 0.15) is 5.82 Å². The number of aromatic nitrogens is 1. The fraction of sp³-hybridized carbons (Fsp3) is 0.357. The molecular formula is C14H14FNO2. The molecule has 1 atom stereocenters. The fourth-order valence-corrected chi connectivity index (χ4v) is 2.45. The number of nitrogens with one attached hydrogen (secondary N) is 1. The number of hydrogen-bond donors (Lipinski definition) is 1. The number of halogens is 1. The summed E-state index contributed by atoms with van der Waals surface area (Å²) >= 11 is 0. The minimum absolute atomic E-state index is 0.0444. The van der Waals surface area contributed by atoms with Gasteiger partial charge in [-0.2, -0.15) is 0 Å². The van der Waals surface area contributed by atoms with Crippen molar-refractivity contribution in [3.63, 3.8) is 0 Å². The van der Waals surface area contributed by atoms with E-state index in [2.05, 4.69) is 4.98 Å². The molecule has 1 fully saturated rings. The summed E-state index contributed by atoms with van der Waals surface area (Å²) in [7, 11) is 0. The third kappa shape index (κ3) is 2.04. The lowest BCUT2D eigenvalue weighted by Gasteiger charge is -2.07. The van der Waals surface area contributed by atoms with E-state index in [0.29, 0.717) is 17.5 Å². The van der Waals surface area contributed by atoms with E-state index in [4.69, 9.17) is 4.74 Å². The van der Waals surface area contributed by atoms with Gasteiger partial charge in [-0.15, -0.1) is 0 Å². The number of fused-ring (bicyclic) bond motifs is 1. The summed E-state index contributed by atoms with van der Waals surface area (Å²) in [5, 5.41) is 0.777. The molecule has 1 N–H and O–H groups in total. The van der Waals surface area contributed by atoms with E-state index in [-0.39, 0.29) is 17.7 Å². The first-order valence-electron chi connectivity index (χ1n) is 6.15. The smallest absolute Gasteiger partial charge is 0.167 e. The highest BCUT2D eigenvalue weighted by molar-refractivity contribution is 6.08. The molecule has 1 aromatic heterocycles. The number of H-pyrrole nitrogens is 1. The Balaban J connectivity index is 1.86. The van der Waals surface area contributed by atoms with Gasteiger partial charge in [0.2, 0.25) is 0 Å². The van der Waals surface area contributed by atoms with Crippen LogP contribution in [0.3, 0.4) is 0 Å². The van der Waals surface area contributed by atoms with Crippen LogP contribution in [-0.2, 0) is 4.74 Å². The Morgan fingerprint density at radius 3 is 3.17 bits per heavy atom. The van der Waals surface area contributed by atoms with Crippen LogP contribution in [0.4, 0.5) is 4.39 Å². The normalized spacial score (nSPS) is 19.5. The molecule has 1 aromatic carbocycles. The summed E-state index contributed by atoms with van der Waals surface area (Å²) in [4.78, 5) is 15.1. The summed E-state index contributed by atoms with van der Waals surface area (Å²) in [6.07, 6.45) is 4.08. The van der Waals surface area contributed by atoms with Crippen LogP contribution in [0.15, 0.2) is 24.4 Å². The Hall–Kier alpha value is -1.68. The molecule has 0 bridgehead atoms. The highest BCUT2D eigenvalue weighted by atomic mass is 19.1. The number of benzene rings is 1. The number of rotatable bonds is 3. The Bertz CT molecular complexity index is 584. The van der Waals surface area contributed by atoms with Gasteiger partial charge < -0.3 is 9.72 Å². The average Bonchev–Trinajstić information content (AvgIpc) is 2.97. The second-order valence-electron chi connectivity index (χ2n) is 4.65. The van der Waals surface area contributed by atoms with Crippen LogP contribution in [0.5, 0.6) is 0 Å². The first kappa shape index (κ1) is 11.4. The van der Waals surface area contributed by atoms with Crippen LogP contribution >= 0.6 is 0 Å². The third-order valence-electron chi connectivity index (χ3n) is 3.38. The molecule has 1 aliphatic heterocycles. The predicted octanol–water partition coefficient (Wildman–Crippen LogP) is 3.06. The summed E-state index contributed by atoms with van der Waals surface area (Å²) in [5.74, 6) is -0.248. The van der Waals surface area contributed by atoms with Crippen molar-refractivity contribution in [2.45, 2.75) is 25.4 Å². The maximum atomic E-state index is 13.0. The molecule has 1 unspecified atom stereocenters. The van der Waals surface area contributed by atoms with Crippen molar-refractivity contribution in [3.05, 3.63) is 35.8 Å². The van der Waals surface area contributed by atoms with Crippen LogP contribution in [0.1, 0.15) is 29.6 Å². The lowest BCUT2D eigenvalue weighted by atomic mass is 10.0. The summed E-state index contributed by atoms with van der Waals surface area (Å²) < 4.78 is 18.5. The number of Topliss-reactive ketones (excluding diaryl/α,β-unsaturated/α-hetero) is 1. The Labute approximate surface area is 104 Å². The molecule has 0 aliphatic carbocycles. The van der Waals surface area contributed by atoms with Crippen LogP contribution < -0.4 is 0 Å². The maximum absolute atomic E-state index is 13.0. The van der Waals surface area contributed by atoms with Gasteiger partial charge >= 0.3 is 0 Å².